The van der Waals surface area contributed by atoms with E-state index in [1.54, 1.807) is 21.6 Å². The van der Waals surface area contributed by atoms with Gasteiger partial charge in [0.15, 0.2) is 0 Å². The van der Waals surface area contributed by atoms with Gasteiger partial charge in [-0.2, -0.15) is 0 Å². The summed E-state index contributed by atoms with van der Waals surface area (Å²) < 4.78 is 4.99. The highest BCUT2D eigenvalue weighted by atomic mass is 16.6. The van der Waals surface area contributed by atoms with E-state index in [9.17, 15) is 14.4 Å². The molecule has 1 aromatic rings. The van der Waals surface area contributed by atoms with Gasteiger partial charge in [0, 0.05) is 52.6 Å². The molecule has 27 heavy (non-hydrogen) atoms. The van der Waals surface area contributed by atoms with Crippen molar-refractivity contribution in [3.8, 4) is 0 Å². The Kier molecular flexibility index (Phi) is 8.10. The minimum atomic E-state index is -0.326. The molecule has 0 radical (unpaired) electrons. The Balaban J connectivity index is 1.75. The first-order chi connectivity index (χ1) is 13.0. The SMILES string of the molecule is CCOC(=O)N1CCN(C(=O)CCN(CCc2ccccc2)C(C)=O)CC1. The van der Waals surface area contributed by atoms with Crippen molar-refractivity contribution in [3.63, 3.8) is 0 Å². The molecule has 0 bridgehead atoms. The maximum Gasteiger partial charge on any atom is 0.409 e. The van der Waals surface area contributed by atoms with Gasteiger partial charge in [0.1, 0.15) is 0 Å². The standard InChI is InChI=1S/C20H29N3O4/c1-3-27-20(26)23-15-13-22(14-16-23)19(25)10-12-21(17(2)24)11-9-18-7-5-4-6-8-18/h4-8H,3,9-16H2,1-2H3. The third-order valence-corrected chi connectivity index (χ3v) is 4.71. The highest BCUT2D eigenvalue weighted by molar-refractivity contribution is 5.78. The van der Waals surface area contributed by atoms with Crippen LogP contribution in [0.25, 0.3) is 0 Å². The fraction of sp³-hybridized carbons (Fsp3) is 0.550. The van der Waals surface area contributed by atoms with Gasteiger partial charge in [-0.05, 0) is 18.9 Å². The molecule has 1 aromatic carbocycles. The first-order valence-corrected chi connectivity index (χ1v) is 9.50. The number of amides is 3. The topological polar surface area (TPSA) is 70.2 Å². The Hall–Kier alpha value is -2.57. The van der Waals surface area contributed by atoms with Crippen molar-refractivity contribution in [1.82, 2.24) is 14.7 Å². The Morgan fingerprint density at radius 2 is 1.63 bits per heavy atom. The van der Waals surface area contributed by atoms with Crippen LogP contribution in [0.4, 0.5) is 4.79 Å². The second-order valence-electron chi connectivity index (χ2n) is 6.56. The Bertz CT molecular complexity index is 627. The van der Waals surface area contributed by atoms with Gasteiger partial charge >= 0.3 is 6.09 Å². The molecule has 0 atom stereocenters. The highest BCUT2D eigenvalue weighted by Gasteiger charge is 2.25. The summed E-state index contributed by atoms with van der Waals surface area (Å²) in [7, 11) is 0. The lowest BCUT2D eigenvalue weighted by Gasteiger charge is -2.34. The third-order valence-electron chi connectivity index (χ3n) is 4.71. The van der Waals surface area contributed by atoms with Crippen molar-refractivity contribution in [1.29, 1.82) is 0 Å². The third kappa shape index (κ3) is 6.58. The zero-order chi connectivity index (χ0) is 19.6. The number of carbonyl (C=O) groups is 3. The van der Waals surface area contributed by atoms with E-state index in [2.05, 4.69) is 0 Å². The van der Waals surface area contributed by atoms with Crippen LogP contribution in [0, 0.1) is 0 Å². The second-order valence-corrected chi connectivity index (χ2v) is 6.56. The molecule has 1 aliphatic heterocycles. The van der Waals surface area contributed by atoms with Crippen molar-refractivity contribution in [2.24, 2.45) is 0 Å². The van der Waals surface area contributed by atoms with Gasteiger partial charge in [0.2, 0.25) is 11.8 Å². The van der Waals surface area contributed by atoms with Crippen molar-refractivity contribution < 1.29 is 19.1 Å². The zero-order valence-corrected chi connectivity index (χ0v) is 16.2. The smallest absolute Gasteiger partial charge is 0.409 e. The largest absolute Gasteiger partial charge is 0.450 e. The van der Waals surface area contributed by atoms with Gasteiger partial charge in [0.25, 0.3) is 0 Å². The predicted octanol–water partition coefficient (Wildman–Crippen LogP) is 1.77. The van der Waals surface area contributed by atoms with Crippen LogP contribution in [0.15, 0.2) is 30.3 Å². The molecule has 3 amide bonds. The molecular weight excluding hydrogens is 346 g/mol. The number of carbonyl (C=O) groups excluding carboxylic acids is 3. The molecule has 1 saturated heterocycles. The minimum Gasteiger partial charge on any atom is -0.450 e. The van der Waals surface area contributed by atoms with Gasteiger partial charge in [-0.1, -0.05) is 30.3 Å². The summed E-state index contributed by atoms with van der Waals surface area (Å²) in [5, 5.41) is 0. The Morgan fingerprint density at radius 1 is 1.00 bits per heavy atom. The Morgan fingerprint density at radius 3 is 2.22 bits per heavy atom. The molecule has 0 N–H and O–H groups in total. The van der Waals surface area contributed by atoms with Gasteiger partial charge in [0.05, 0.1) is 6.61 Å². The number of benzene rings is 1. The molecule has 0 unspecified atom stereocenters. The van der Waals surface area contributed by atoms with Crippen molar-refractivity contribution in [2.45, 2.75) is 26.7 Å². The molecule has 148 valence electrons. The normalized spacial score (nSPS) is 14.0. The van der Waals surface area contributed by atoms with Gasteiger partial charge in [-0.3, -0.25) is 9.59 Å². The fourth-order valence-electron chi connectivity index (χ4n) is 3.08. The van der Waals surface area contributed by atoms with E-state index in [0.29, 0.717) is 52.3 Å². The lowest BCUT2D eigenvalue weighted by Crippen LogP contribution is -2.51. The van der Waals surface area contributed by atoms with Crippen LogP contribution in [0.2, 0.25) is 0 Å². The predicted molar refractivity (Wildman–Crippen MR) is 102 cm³/mol. The number of rotatable bonds is 7. The van der Waals surface area contributed by atoms with E-state index in [-0.39, 0.29) is 17.9 Å². The molecular formula is C20H29N3O4. The van der Waals surface area contributed by atoms with E-state index in [4.69, 9.17) is 4.74 Å². The number of hydrogen-bond acceptors (Lipinski definition) is 4. The van der Waals surface area contributed by atoms with Crippen LogP contribution in [0.3, 0.4) is 0 Å². The van der Waals surface area contributed by atoms with Crippen LogP contribution in [0.5, 0.6) is 0 Å². The first-order valence-electron chi connectivity index (χ1n) is 9.50. The van der Waals surface area contributed by atoms with Gasteiger partial charge in [-0.25, -0.2) is 4.79 Å². The average molecular weight is 375 g/mol. The van der Waals surface area contributed by atoms with Crippen LogP contribution >= 0.6 is 0 Å². The second kappa shape index (κ2) is 10.5. The van der Waals surface area contributed by atoms with Crippen LogP contribution in [-0.2, 0) is 20.7 Å². The fourth-order valence-corrected chi connectivity index (χ4v) is 3.08. The van der Waals surface area contributed by atoms with Crippen LogP contribution < -0.4 is 0 Å². The van der Waals surface area contributed by atoms with E-state index in [1.807, 2.05) is 30.3 Å². The van der Waals surface area contributed by atoms with Crippen LogP contribution in [-0.4, -0.2) is 78.5 Å². The van der Waals surface area contributed by atoms with E-state index in [1.165, 1.54) is 12.5 Å². The van der Waals surface area contributed by atoms with E-state index >= 15 is 0 Å². The molecule has 2 rings (SSSR count). The molecule has 7 heteroatoms. The molecule has 0 spiro atoms. The molecule has 7 nitrogen and oxygen atoms in total. The maximum absolute atomic E-state index is 12.5. The molecule has 0 aromatic heterocycles. The average Bonchev–Trinajstić information content (AvgIpc) is 2.68. The lowest BCUT2D eigenvalue weighted by atomic mass is 10.1. The quantitative estimate of drug-likeness (QED) is 0.728. The Labute approximate surface area is 160 Å². The number of nitrogens with zero attached hydrogens (tertiary/aromatic N) is 3. The monoisotopic (exact) mass is 375 g/mol. The summed E-state index contributed by atoms with van der Waals surface area (Å²) in [6.45, 7) is 6.64. The van der Waals surface area contributed by atoms with Crippen molar-refractivity contribution >= 4 is 17.9 Å². The summed E-state index contributed by atoms with van der Waals surface area (Å²) in [6, 6.07) is 9.99. The van der Waals surface area contributed by atoms with Gasteiger partial charge < -0.3 is 19.4 Å². The number of piperazine rings is 1. The van der Waals surface area contributed by atoms with Crippen LogP contribution in [0.1, 0.15) is 25.8 Å². The van der Waals surface area contributed by atoms with Crippen molar-refractivity contribution in [3.05, 3.63) is 35.9 Å². The van der Waals surface area contributed by atoms with Crippen molar-refractivity contribution in [2.75, 3.05) is 45.9 Å². The first kappa shape index (κ1) is 20.7. The zero-order valence-electron chi connectivity index (χ0n) is 16.2. The van der Waals surface area contributed by atoms with E-state index in [0.717, 1.165) is 6.42 Å². The minimum absolute atomic E-state index is 0.0180. The summed E-state index contributed by atoms with van der Waals surface area (Å²) in [4.78, 5) is 41.1. The molecule has 0 aliphatic carbocycles. The maximum atomic E-state index is 12.5. The highest BCUT2D eigenvalue weighted by Crippen LogP contribution is 2.07. The number of ether oxygens (including phenoxy) is 1. The van der Waals surface area contributed by atoms with Gasteiger partial charge in [-0.15, -0.1) is 0 Å². The molecule has 1 heterocycles. The summed E-state index contributed by atoms with van der Waals surface area (Å²) in [5.41, 5.74) is 1.17. The summed E-state index contributed by atoms with van der Waals surface area (Å²) in [5.74, 6) is -0.00432. The van der Waals surface area contributed by atoms with E-state index < -0.39 is 0 Å². The molecule has 0 saturated carbocycles. The molecule has 1 aliphatic rings. The number of hydrogen-bond donors (Lipinski definition) is 0. The molecule has 1 fully saturated rings. The summed E-state index contributed by atoms with van der Waals surface area (Å²) >= 11 is 0. The summed E-state index contributed by atoms with van der Waals surface area (Å²) in [6.07, 6.45) is 0.744. The lowest BCUT2D eigenvalue weighted by molar-refractivity contribution is -0.134.